The molecule has 0 atom stereocenters. The van der Waals surface area contributed by atoms with Gasteiger partial charge in [0.25, 0.3) is 17.2 Å². The Morgan fingerprint density at radius 3 is 2.57 bits per heavy atom. The molecule has 3 N–H and O–H groups in total. The zero-order valence-corrected chi connectivity index (χ0v) is 7.44. The molecule has 1 aromatic rings. The number of aromatic nitrogens is 1. The van der Waals surface area contributed by atoms with E-state index in [1.165, 1.54) is 0 Å². The predicted octanol–water partition coefficient (Wildman–Crippen LogP) is 1.27. The van der Waals surface area contributed by atoms with Gasteiger partial charge >= 0.3 is 0 Å². The Labute approximate surface area is 81.7 Å². The van der Waals surface area contributed by atoms with Crippen LogP contribution in [0.1, 0.15) is 22.5 Å². The molecule has 0 spiro atoms. The maximum absolute atomic E-state index is 12.3. The molecule has 0 amide bonds. The van der Waals surface area contributed by atoms with E-state index in [4.69, 9.17) is 17.3 Å². The molecule has 0 aliphatic carbocycles. The quantitative estimate of drug-likeness (QED) is 0.740. The van der Waals surface area contributed by atoms with Crippen LogP contribution in [-0.4, -0.2) is 10.2 Å². The first kappa shape index (κ1) is 10.6. The van der Waals surface area contributed by atoms with Gasteiger partial charge in [-0.3, -0.25) is 9.59 Å². The molecule has 14 heavy (non-hydrogen) atoms. The summed E-state index contributed by atoms with van der Waals surface area (Å²) in [5, 5.41) is -1.09. The number of aromatic amines is 1. The largest absolute Gasteiger partial charge is 0.394 e. The number of nitrogens with one attached hydrogen (secondary N) is 1. The van der Waals surface area contributed by atoms with Crippen LogP contribution in [-0.2, 0) is 0 Å². The van der Waals surface area contributed by atoms with Crippen molar-refractivity contribution < 1.29 is 13.6 Å². The molecule has 1 rings (SSSR count). The Balaban J connectivity index is 3.47. The highest BCUT2D eigenvalue weighted by Crippen LogP contribution is 2.21. The highest BCUT2D eigenvalue weighted by molar-refractivity contribution is 6.67. The first-order valence-electron chi connectivity index (χ1n) is 3.44. The predicted molar refractivity (Wildman–Crippen MR) is 46.6 cm³/mol. The Hall–Kier alpha value is -1.43. The average Bonchev–Trinajstić information content (AvgIpc) is 2.08. The normalized spacial score (nSPS) is 10.6. The van der Waals surface area contributed by atoms with Crippen molar-refractivity contribution in [2.45, 2.75) is 6.43 Å². The van der Waals surface area contributed by atoms with E-state index in [-0.39, 0.29) is 5.69 Å². The smallest absolute Gasteiger partial charge is 0.279 e. The van der Waals surface area contributed by atoms with Crippen LogP contribution in [0.2, 0.25) is 0 Å². The number of anilines is 1. The molecular formula is C7H5ClF2N2O2. The minimum Gasteiger partial charge on any atom is -0.394 e. The zero-order valence-electron chi connectivity index (χ0n) is 6.68. The Morgan fingerprint density at radius 2 is 2.14 bits per heavy atom. The van der Waals surface area contributed by atoms with Crippen LogP contribution in [0.3, 0.4) is 0 Å². The summed E-state index contributed by atoms with van der Waals surface area (Å²) >= 11 is 5.03. The van der Waals surface area contributed by atoms with Gasteiger partial charge in [0.05, 0.1) is 16.9 Å². The molecule has 0 aliphatic rings. The van der Waals surface area contributed by atoms with Crippen molar-refractivity contribution in [1.82, 2.24) is 4.98 Å². The molecule has 0 aromatic carbocycles. The summed E-state index contributed by atoms with van der Waals surface area (Å²) in [6.45, 7) is 0. The number of alkyl halides is 2. The van der Waals surface area contributed by atoms with E-state index in [0.29, 0.717) is 0 Å². The van der Waals surface area contributed by atoms with Gasteiger partial charge in [0, 0.05) is 0 Å². The van der Waals surface area contributed by atoms with E-state index in [9.17, 15) is 18.4 Å². The number of halogens is 3. The molecule has 0 radical (unpaired) electrons. The third-order valence-corrected chi connectivity index (χ3v) is 1.73. The maximum atomic E-state index is 12.3. The number of H-pyrrole nitrogens is 1. The Kier molecular flexibility index (Phi) is 2.85. The van der Waals surface area contributed by atoms with Crippen molar-refractivity contribution in [2.75, 3.05) is 5.73 Å². The standard InChI is InChI=1S/C7H5ClF2N2O2/c8-5(13)2-1-3(11)7(14)12-4(2)6(9)10/h1,6H,11H2,(H,12,14). The Bertz CT molecular complexity index is 430. The summed E-state index contributed by atoms with van der Waals surface area (Å²) in [5.41, 5.74) is 2.62. The number of carbonyl (C=O) groups excluding carboxylic acids is 1. The first-order chi connectivity index (χ1) is 6.43. The number of pyridine rings is 1. The van der Waals surface area contributed by atoms with Crippen LogP contribution in [0.15, 0.2) is 10.9 Å². The summed E-state index contributed by atoms with van der Waals surface area (Å²) < 4.78 is 24.6. The van der Waals surface area contributed by atoms with Gasteiger partial charge in [-0.15, -0.1) is 0 Å². The van der Waals surface area contributed by atoms with E-state index < -0.39 is 28.5 Å². The summed E-state index contributed by atoms with van der Waals surface area (Å²) in [5.74, 6) is 0. The van der Waals surface area contributed by atoms with Crippen molar-refractivity contribution in [3.63, 3.8) is 0 Å². The van der Waals surface area contributed by atoms with Gasteiger partial charge in [-0.1, -0.05) is 0 Å². The fourth-order valence-electron chi connectivity index (χ4n) is 0.895. The number of carbonyl (C=O) groups is 1. The van der Waals surface area contributed by atoms with Crippen LogP contribution < -0.4 is 11.3 Å². The highest BCUT2D eigenvalue weighted by Gasteiger charge is 2.19. The van der Waals surface area contributed by atoms with Crippen LogP contribution >= 0.6 is 11.6 Å². The number of hydrogen-bond donors (Lipinski definition) is 2. The third kappa shape index (κ3) is 1.90. The topological polar surface area (TPSA) is 76.0 Å². The van der Waals surface area contributed by atoms with Crippen molar-refractivity contribution in [1.29, 1.82) is 0 Å². The van der Waals surface area contributed by atoms with Gasteiger partial charge in [-0.05, 0) is 17.7 Å². The zero-order chi connectivity index (χ0) is 10.9. The SMILES string of the molecule is Nc1cc(C(=O)Cl)c(C(F)F)[nH]c1=O. The van der Waals surface area contributed by atoms with E-state index in [1.807, 2.05) is 0 Å². The lowest BCUT2D eigenvalue weighted by atomic mass is 10.2. The van der Waals surface area contributed by atoms with Crippen LogP contribution in [0.25, 0.3) is 0 Å². The van der Waals surface area contributed by atoms with Crippen molar-refractivity contribution >= 4 is 22.5 Å². The molecular weight excluding hydrogens is 218 g/mol. The molecule has 7 heteroatoms. The van der Waals surface area contributed by atoms with Crippen molar-refractivity contribution in [3.05, 3.63) is 27.7 Å². The second-order valence-corrected chi connectivity index (χ2v) is 2.80. The molecule has 0 saturated heterocycles. The van der Waals surface area contributed by atoms with Gasteiger partial charge in [0.1, 0.15) is 0 Å². The van der Waals surface area contributed by atoms with E-state index in [1.54, 1.807) is 4.98 Å². The minimum absolute atomic E-state index is 0.335. The molecule has 0 saturated carbocycles. The van der Waals surface area contributed by atoms with Gasteiger partial charge in [-0.2, -0.15) is 0 Å². The molecule has 1 heterocycles. The number of hydrogen-bond acceptors (Lipinski definition) is 3. The first-order valence-corrected chi connectivity index (χ1v) is 3.82. The van der Waals surface area contributed by atoms with Crippen LogP contribution in [0, 0.1) is 0 Å². The van der Waals surface area contributed by atoms with Gasteiger partial charge in [0.15, 0.2) is 0 Å². The third-order valence-electron chi connectivity index (χ3n) is 1.53. The second-order valence-electron chi connectivity index (χ2n) is 2.46. The summed E-state index contributed by atoms with van der Waals surface area (Å²) in [6, 6.07) is 0.829. The molecule has 0 aliphatic heterocycles. The minimum atomic E-state index is -2.99. The van der Waals surface area contributed by atoms with E-state index in [0.717, 1.165) is 6.07 Å². The van der Waals surface area contributed by atoms with Crippen molar-refractivity contribution in [3.8, 4) is 0 Å². The number of nitrogen functional groups attached to an aromatic ring is 1. The van der Waals surface area contributed by atoms with Crippen LogP contribution in [0.5, 0.6) is 0 Å². The summed E-state index contributed by atoms with van der Waals surface area (Å²) in [7, 11) is 0. The van der Waals surface area contributed by atoms with Gasteiger partial charge in [-0.25, -0.2) is 8.78 Å². The molecule has 1 aromatic heterocycles. The second kappa shape index (κ2) is 3.75. The summed E-state index contributed by atoms with van der Waals surface area (Å²) in [4.78, 5) is 23.3. The molecule has 0 fully saturated rings. The lowest BCUT2D eigenvalue weighted by Gasteiger charge is -2.04. The molecule has 0 unspecified atom stereocenters. The molecule has 0 bridgehead atoms. The van der Waals surface area contributed by atoms with Gasteiger partial charge < -0.3 is 10.7 Å². The lowest BCUT2D eigenvalue weighted by molar-refractivity contribution is 0.106. The van der Waals surface area contributed by atoms with Crippen LogP contribution in [0.4, 0.5) is 14.5 Å². The molecule has 76 valence electrons. The fraction of sp³-hybridized carbons (Fsp3) is 0.143. The molecule has 4 nitrogen and oxygen atoms in total. The van der Waals surface area contributed by atoms with E-state index in [2.05, 4.69) is 0 Å². The average molecular weight is 223 g/mol. The van der Waals surface area contributed by atoms with Crippen molar-refractivity contribution in [2.24, 2.45) is 0 Å². The maximum Gasteiger partial charge on any atom is 0.279 e. The monoisotopic (exact) mass is 222 g/mol. The lowest BCUT2D eigenvalue weighted by Crippen LogP contribution is -2.17. The Morgan fingerprint density at radius 1 is 1.57 bits per heavy atom. The highest BCUT2D eigenvalue weighted by atomic mass is 35.5. The van der Waals surface area contributed by atoms with Gasteiger partial charge in [0.2, 0.25) is 0 Å². The summed E-state index contributed by atoms with van der Waals surface area (Å²) in [6.07, 6.45) is -2.99. The fourth-order valence-corrected chi connectivity index (χ4v) is 1.05. The van der Waals surface area contributed by atoms with E-state index >= 15 is 0 Å². The number of nitrogens with two attached hydrogens (primary N) is 1. The number of rotatable bonds is 2.